The summed E-state index contributed by atoms with van der Waals surface area (Å²) in [4.78, 5) is 8.36. The first-order valence-electron chi connectivity index (χ1n) is 3.25. The molecule has 1 aliphatic heterocycles. The molecule has 0 spiro atoms. The Bertz CT molecular complexity index is 89.0. The second-order valence-electron chi connectivity index (χ2n) is 2.26. The van der Waals surface area contributed by atoms with Crippen molar-refractivity contribution in [3.8, 4) is 0 Å². The summed E-state index contributed by atoms with van der Waals surface area (Å²) in [6, 6.07) is 0.403. The first kappa shape index (κ1) is 9.39. The number of hydrogen-bond donors (Lipinski definition) is 2. The molecule has 1 heterocycles. The van der Waals surface area contributed by atoms with Crippen molar-refractivity contribution in [1.29, 1.82) is 0 Å². The summed E-state index contributed by atoms with van der Waals surface area (Å²) in [7, 11) is 0. The zero-order chi connectivity index (χ0) is 7.98. The minimum absolute atomic E-state index is 0.250. The van der Waals surface area contributed by atoms with Crippen LogP contribution in [-0.2, 0) is 4.79 Å². The van der Waals surface area contributed by atoms with E-state index in [1.54, 1.807) is 0 Å². The van der Waals surface area contributed by atoms with Crippen LogP contribution in [0.3, 0.4) is 0 Å². The minimum Gasteiger partial charge on any atom is -0.483 e. The van der Waals surface area contributed by atoms with Crippen LogP contribution in [0.5, 0.6) is 0 Å². The first-order valence-corrected chi connectivity index (χ1v) is 3.25. The third-order valence-corrected chi connectivity index (χ3v) is 1.52. The fourth-order valence-corrected chi connectivity index (χ4v) is 0.918. The molecule has 0 saturated carbocycles. The predicted molar refractivity (Wildman–Crippen MR) is 35.9 cm³/mol. The van der Waals surface area contributed by atoms with Gasteiger partial charge in [0.15, 0.2) is 0 Å². The summed E-state index contributed by atoms with van der Waals surface area (Å²) >= 11 is 0. The van der Waals surface area contributed by atoms with Crippen LogP contribution in [0.25, 0.3) is 0 Å². The Morgan fingerprint density at radius 3 is 2.30 bits per heavy atom. The van der Waals surface area contributed by atoms with E-state index in [1.165, 1.54) is 5.06 Å². The molecule has 1 aliphatic rings. The van der Waals surface area contributed by atoms with Gasteiger partial charge in [-0.25, -0.2) is 0 Å². The second kappa shape index (κ2) is 5.20. The van der Waals surface area contributed by atoms with Crippen molar-refractivity contribution in [2.24, 2.45) is 0 Å². The van der Waals surface area contributed by atoms with E-state index in [9.17, 15) is 0 Å². The van der Waals surface area contributed by atoms with Crippen molar-refractivity contribution in [2.45, 2.75) is 25.8 Å². The first-order chi connectivity index (χ1) is 4.72. The van der Waals surface area contributed by atoms with E-state index in [4.69, 9.17) is 15.1 Å². The molecule has 4 nitrogen and oxygen atoms in total. The third-order valence-electron chi connectivity index (χ3n) is 1.52. The van der Waals surface area contributed by atoms with Crippen LogP contribution in [-0.4, -0.2) is 34.4 Å². The monoisotopic (exact) mass is 147 g/mol. The van der Waals surface area contributed by atoms with Crippen LogP contribution in [0.15, 0.2) is 0 Å². The van der Waals surface area contributed by atoms with E-state index >= 15 is 0 Å². The molecule has 0 aromatic carbocycles. The van der Waals surface area contributed by atoms with Gasteiger partial charge in [-0.15, -0.1) is 0 Å². The van der Waals surface area contributed by atoms with Crippen molar-refractivity contribution in [2.75, 3.05) is 6.54 Å². The molecule has 0 amide bonds. The summed E-state index contributed by atoms with van der Waals surface area (Å²) in [5, 5.41) is 17.1. The Kier molecular flexibility index (Phi) is 4.88. The predicted octanol–water partition coefficient (Wildman–Crippen LogP) is 0.561. The molecule has 0 radical (unpaired) electrons. The molecule has 60 valence electrons. The summed E-state index contributed by atoms with van der Waals surface area (Å²) in [6.07, 6.45) is 2.30. The minimum atomic E-state index is -0.250. The molecule has 1 saturated heterocycles. The number of carbonyl (C=O) groups is 1. The Hall–Kier alpha value is -0.610. The largest absolute Gasteiger partial charge is 0.483 e. The van der Waals surface area contributed by atoms with Crippen LogP contribution in [0.1, 0.15) is 19.8 Å². The van der Waals surface area contributed by atoms with E-state index < -0.39 is 0 Å². The van der Waals surface area contributed by atoms with Gasteiger partial charge in [-0.3, -0.25) is 4.79 Å². The quantitative estimate of drug-likeness (QED) is 0.491. The molecule has 10 heavy (non-hydrogen) atoms. The Morgan fingerprint density at radius 1 is 1.70 bits per heavy atom. The van der Waals surface area contributed by atoms with Crippen LogP contribution >= 0.6 is 0 Å². The fourth-order valence-electron chi connectivity index (χ4n) is 0.918. The fraction of sp³-hybridized carbons (Fsp3) is 0.833. The number of nitrogens with zero attached hydrogens (tertiary/aromatic N) is 1. The zero-order valence-corrected chi connectivity index (χ0v) is 6.03. The van der Waals surface area contributed by atoms with E-state index in [0.717, 1.165) is 19.4 Å². The molecule has 1 rings (SSSR count). The molecule has 0 aliphatic carbocycles. The summed E-state index contributed by atoms with van der Waals surface area (Å²) in [5.41, 5.74) is 0. The third kappa shape index (κ3) is 3.42. The van der Waals surface area contributed by atoms with Gasteiger partial charge in [-0.1, -0.05) is 0 Å². The average molecular weight is 147 g/mol. The smallest absolute Gasteiger partial charge is 0.290 e. The SMILES string of the molecule is CC1CCCN1O.O=CO. The lowest BCUT2D eigenvalue weighted by molar-refractivity contribution is -0.122. The lowest BCUT2D eigenvalue weighted by Crippen LogP contribution is -2.21. The molecule has 1 fully saturated rings. The van der Waals surface area contributed by atoms with Crippen LogP contribution in [0.4, 0.5) is 0 Å². The maximum atomic E-state index is 8.83. The average Bonchev–Trinajstić information content (AvgIpc) is 2.19. The van der Waals surface area contributed by atoms with E-state index in [0.29, 0.717) is 6.04 Å². The zero-order valence-electron chi connectivity index (χ0n) is 6.03. The second-order valence-corrected chi connectivity index (χ2v) is 2.26. The van der Waals surface area contributed by atoms with Gasteiger partial charge in [0.1, 0.15) is 0 Å². The maximum Gasteiger partial charge on any atom is 0.290 e. The van der Waals surface area contributed by atoms with Gasteiger partial charge in [0.2, 0.25) is 0 Å². The lowest BCUT2D eigenvalue weighted by atomic mass is 10.3. The standard InChI is InChI=1S/C5H11NO.CH2O2/c1-5-3-2-4-6(5)7;2-1-3/h5,7H,2-4H2,1H3;1H,(H,2,3). The highest BCUT2D eigenvalue weighted by molar-refractivity contribution is 5.32. The molecule has 1 atom stereocenters. The van der Waals surface area contributed by atoms with E-state index in [1.807, 2.05) is 6.92 Å². The highest BCUT2D eigenvalue weighted by Gasteiger charge is 2.16. The van der Waals surface area contributed by atoms with Crippen molar-refractivity contribution in [3.63, 3.8) is 0 Å². The van der Waals surface area contributed by atoms with Crippen LogP contribution in [0.2, 0.25) is 0 Å². The molecule has 0 aromatic heterocycles. The van der Waals surface area contributed by atoms with Gasteiger partial charge in [0, 0.05) is 12.6 Å². The molecule has 0 bridgehead atoms. The molecule has 2 N–H and O–H groups in total. The van der Waals surface area contributed by atoms with Gasteiger partial charge < -0.3 is 10.3 Å². The molecule has 4 heteroatoms. The molecule has 1 unspecified atom stereocenters. The summed E-state index contributed by atoms with van der Waals surface area (Å²) < 4.78 is 0. The van der Waals surface area contributed by atoms with E-state index in [2.05, 4.69) is 0 Å². The molecule has 0 aromatic rings. The van der Waals surface area contributed by atoms with Crippen LogP contribution in [0, 0.1) is 0 Å². The normalized spacial score (nSPS) is 25.2. The van der Waals surface area contributed by atoms with Crippen molar-refractivity contribution in [3.05, 3.63) is 0 Å². The summed E-state index contributed by atoms with van der Waals surface area (Å²) in [5.74, 6) is 0. The number of hydroxylamine groups is 2. The number of hydrogen-bond acceptors (Lipinski definition) is 3. The Morgan fingerprint density at radius 2 is 2.20 bits per heavy atom. The lowest BCUT2D eigenvalue weighted by Gasteiger charge is -2.09. The van der Waals surface area contributed by atoms with Crippen molar-refractivity contribution >= 4 is 6.47 Å². The van der Waals surface area contributed by atoms with Gasteiger partial charge in [0.25, 0.3) is 6.47 Å². The number of rotatable bonds is 0. The highest BCUT2D eigenvalue weighted by Crippen LogP contribution is 2.12. The summed E-state index contributed by atoms with van der Waals surface area (Å²) in [6.45, 7) is 2.65. The number of carboxylic acid groups (broad SMARTS) is 1. The van der Waals surface area contributed by atoms with Gasteiger partial charge >= 0.3 is 0 Å². The Balaban J connectivity index is 0.000000236. The van der Waals surface area contributed by atoms with Crippen molar-refractivity contribution in [1.82, 2.24) is 5.06 Å². The van der Waals surface area contributed by atoms with E-state index in [-0.39, 0.29) is 6.47 Å². The molecular weight excluding hydrogens is 134 g/mol. The molecular formula is C6H13NO3. The topological polar surface area (TPSA) is 60.8 Å². The van der Waals surface area contributed by atoms with Gasteiger partial charge in [-0.2, -0.15) is 5.06 Å². The Labute approximate surface area is 60.0 Å². The highest BCUT2D eigenvalue weighted by atomic mass is 16.5. The van der Waals surface area contributed by atoms with Crippen molar-refractivity contribution < 1.29 is 15.1 Å². The maximum absolute atomic E-state index is 8.83. The van der Waals surface area contributed by atoms with Gasteiger partial charge in [-0.05, 0) is 19.8 Å². The van der Waals surface area contributed by atoms with Gasteiger partial charge in [0.05, 0.1) is 0 Å². The van der Waals surface area contributed by atoms with Crippen LogP contribution < -0.4 is 0 Å².